The van der Waals surface area contributed by atoms with Crippen LogP contribution in [-0.4, -0.2) is 70.7 Å². The molecule has 2 N–H and O–H groups in total. The van der Waals surface area contributed by atoms with Crippen molar-refractivity contribution in [2.45, 2.75) is 17.5 Å². The Morgan fingerprint density at radius 2 is 1.88 bits per heavy atom. The summed E-state index contributed by atoms with van der Waals surface area (Å²) in [5.74, 6) is -0.121. The molecule has 0 aromatic heterocycles. The minimum Gasteiger partial charge on any atom is -0.379 e. The molecule has 1 aromatic rings. The summed E-state index contributed by atoms with van der Waals surface area (Å²) in [4.78, 5) is 12.3. The molecular formula is C16H23N3O5S. The normalized spacial score (nSPS) is 22.5. The maximum atomic E-state index is 12.5. The van der Waals surface area contributed by atoms with Crippen LogP contribution in [0.3, 0.4) is 0 Å². The largest absolute Gasteiger partial charge is 0.379 e. The fraction of sp³-hybridized carbons (Fsp3) is 0.562. The predicted octanol–water partition coefficient (Wildman–Crippen LogP) is -0.688. The summed E-state index contributed by atoms with van der Waals surface area (Å²) in [6.07, 6.45) is 0. The molecule has 8 nitrogen and oxygen atoms in total. The zero-order chi connectivity index (χ0) is 17.7. The molecule has 25 heavy (non-hydrogen) atoms. The van der Waals surface area contributed by atoms with E-state index in [1.807, 2.05) is 0 Å². The molecule has 1 amide bonds. The summed E-state index contributed by atoms with van der Waals surface area (Å²) in [6, 6.07) is 6.26. The van der Waals surface area contributed by atoms with Crippen molar-refractivity contribution >= 4 is 15.9 Å². The van der Waals surface area contributed by atoms with E-state index in [1.54, 1.807) is 24.3 Å². The van der Waals surface area contributed by atoms with Gasteiger partial charge in [-0.25, -0.2) is 8.42 Å². The van der Waals surface area contributed by atoms with Gasteiger partial charge in [0.2, 0.25) is 15.9 Å². The fourth-order valence-electron chi connectivity index (χ4n) is 2.76. The zero-order valence-corrected chi connectivity index (χ0v) is 14.8. The van der Waals surface area contributed by atoms with Gasteiger partial charge >= 0.3 is 0 Å². The van der Waals surface area contributed by atoms with Crippen LogP contribution in [0.5, 0.6) is 0 Å². The standard InChI is InChI=1S/C16H23N3O5S/c20-16(15-12-24-8-5-17-15)18-11-13-1-3-14(4-2-13)25(21,22)19-6-9-23-10-7-19/h1-4,15,17H,5-12H2,(H,18,20). The van der Waals surface area contributed by atoms with Crippen LogP contribution in [-0.2, 0) is 30.8 Å². The van der Waals surface area contributed by atoms with Crippen LogP contribution in [0.1, 0.15) is 5.56 Å². The first-order valence-corrected chi connectivity index (χ1v) is 9.77. The Kier molecular flexibility index (Phi) is 6.02. The van der Waals surface area contributed by atoms with Crippen molar-refractivity contribution in [3.8, 4) is 0 Å². The number of hydrogen-bond donors (Lipinski definition) is 2. The van der Waals surface area contributed by atoms with E-state index in [-0.39, 0.29) is 16.8 Å². The number of carbonyl (C=O) groups excluding carboxylic acids is 1. The monoisotopic (exact) mass is 369 g/mol. The molecule has 2 aliphatic heterocycles. The average Bonchev–Trinajstić information content (AvgIpc) is 2.68. The molecule has 1 aromatic carbocycles. The molecule has 0 saturated carbocycles. The Hall–Kier alpha value is -1.52. The van der Waals surface area contributed by atoms with Gasteiger partial charge in [0.15, 0.2) is 0 Å². The van der Waals surface area contributed by atoms with Crippen molar-refractivity contribution in [1.82, 2.24) is 14.9 Å². The van der Waals surface area contributed by atoms with Crippen molar-refractivity contribution in [1.29, 1.82) is 0 Å². The molecule has 2 heterocycles. The Morgan fingerprint density at radius 3 is 2.52 bits per heavy atom. The summed E-state index contributed by atoms with van der Waals surface area (Å²) < 4.78 is 37.0. The van der Waals surface area contributed by atoms with Crippen molar-refractivity contribution < 1.29 is 22.7 Å². The second-order valence-corrected chi connectivity index (χ2v) is 7.90. The highest BCUT2D eigenvalue weighted by atomic mass is 32.2. The molecule has 0 aliphatic carbocycles. The van der Waals surface area contributed by atoms with Crippen LogP contribution in [0.4, 0.5) is 0 Å². The van der Waals surface area contributed by atoms with Crippen molar-refractivity contribution in [2.75, 3.05) is 46.1 Å². The van der Waals surface area contributed by atoms with Crippen LogP contribution in [0.2, 0.25) is 0 Å². The van der Waals surface area contributed by atoms with Crippen LogP contribution >= 0.6 is 0 Å². The fourth-order valence-corrected chi connectivity index (χ4v) is 4.17. The number of ether oxygens (including phenoxy) is 2. The first-order valence-electron chi connectivity index (χ1n) is 8.33. The lowest BCUT2D eigenvalue weighted by atomic mass is 10.2. The van der Waals surface area contributed by atoms with Crippen LogP contribution in [0, 0.1) is 0 Å². The molecule has 1 unspecified atom stereocenters. The number of rotatable bonds is 5. The van der Waals surface area contributed by atoms with Crippen molar-refractivity contribution in [3.05, 3.63) is 29.8 Å². The van der Waals surface area contributed by atoms with E-state index in [2.05, 4.69) is 10.6 Å². The first kappa shape index (κ1) is 18.3. The maximum Gasteiger partial charge on any atom is 0.243 e. The third-order valence-electron chi connectivity index (χ3n) is 4.24. The summed E-state index contributed by atoms with van der Waals surface area (Å²) in [6.45, 7) is 3.56. The van der Waals surface area contributed by atoms with E-state index in [4.69, 9.17) is 9.47 Å². The molecule has 138 valence electrons. The summed E-state index contributed by atoms with van der Waals surface area (Å²) in [7, 11) is -3.49. The smallest absolute Gasteiger partial charge is 0.243 e. The molecular weight excluding hydrogens is 346 g/mol. The molecule has 2 fully saturated rings. The van der Waals surface area contributed by atoms with E-state index in [9.17, 15) is 13.2 Å². The van der Waals surface area contributed by atoms with Crippen molar-refractivity contribution in [3.63, 3.8) is 0 Å². The van der Waals surface area contributed by atoms with Crippen LogP contribution < -0.4 is 10.6 Å². The highest BCUT2D eigenvalue weighted by molar-refractivity contribution is 7.89. The van der Waals surface area contributed by atoms with E-state index < -0.39 is 10.0 Å². The number of amides is 1. The summed E-state index contributed by atoms with van der Waals surface area (Å²) >= 11 is 0. The highest BCUT2D eigenvalue weighted by Gasteiger charge is 2.26. The second kappa shape index (κ2) is 8.24. The van der Waals surface area contributed by atoms with Crippen molar-refractivity contribution in [2.24, 2.45) is 0 Å². The van der Waals surface area contributed by atoms with E-state index in [0.29, 0.717) is 52.6 Å². The Balaban J connectivity index is 1.57. The van der Waals surface area contributed by atoms with Gasteiger partial charge in [0.05, 0.1) is 31.3 Å². The van der Waals surface area contributed by atoms with Crippen LogP contribution in [0.15, 0.2) is 29.2 Å². The topological polar surface area (TPSA) is 97.0 Å². The van der Waals surface area contributed by atoms with Gasteiger partial charge in [0.25, 0.3) is 0 Å². The second-order valence-electron chi connectivity index (χ2n) is 5.96. The number of carbonyl (C=O) groups is 1. The number of hydrogen-bond acceptors (Lipinski definition) is 6. The lowest BCUT2D eigenvalue weighted by molar-refractivity contribution is -0.126. The third kappa shape index (κ3) is 4.56. The number of benzene rings is 1. The number of morpholine rings is 2. The Bertz CT molecular complexity index is 680. The third-order valence-corrected chi connectivity index (χ3v) is 6.15. The quantitative estimate of drug-likeness (QED) is 0.713. The van der Waals surface area contributed by atoms with E-state index in [0.717, 1.165) is 5.56 Å². The lowest BCUT2D eigenvalue weighted by Gasteiger charge is -2.26. The minimum atomic E-state index is -3.49. The average molecular weight is 369 g/mol. The Labute approximate surface area is 147 Å². The molecule has 2 aliphatic rings. The molecule has 2 saturated heterocycles. The molecule has 1 atom stereocenters. The zero-order valence-electron chi connectivity index (χ0n) is 13.9. The van der Waals surface area contributed by atoms with Gasteiger partial charge in [-0.05, 0) is 17.7 Å². The van der Waals surface area contributed by atoms with Gasteiger partial charge in [0, 0.05) is 26.2 Å². The van der Waals surface area contributed by atoms with Gasteiger partial charge in [0.1, 0.15) is 6.04 Å². The van der Waals surface area contributed by atoms with Gasteiger partial charge in [-0.3, -0.25) is 4.79 Å². The molecule has 0 spiro atoms. The van der Waals surface area contributed by atoms with E-state index >= 15 is 0 Å². The van der Waals surface area contributed by atoms with Gasteiger partial charge in [-0.2, -0.15) is 4.31 Å². The molecule has 0 radical (unpaired) electrons. The van der Waals surface area contributed by atoms with Gasteiger partial charge in [-0.15, -0.1) is 0 Å². The van der Waals surface area contributed by atoms with E-state index in [1.165, 1.54) is 4.31 Å². The maximum absolute atomic E-state index is 12.5. The molecule has 0 bridgehead atoms. The number of nitrogens with one attached hydrogen (secondary N) is 2. The summed E-state index contributed by atoms with van der Waals surface area (Å²) in [5.41, 5.74) is 0.839. The highest BCUT2D eigenvalue weighted by Crippen LogP contribution is 2.17. The minimum absolute atomic E-state index is 0.121. The number of nitrogens with zero attached hydrogens (tertiary/aromatic N) is 1. The number of sulfonamides is 1. The molecule has 3 rings (SSSR count). The summed E-state index contributed by atoms with van der Waals surface area (Å²) in [5, 5.41) is 5.92. The lowest BCUT2D eigenvalue weighted by Crippen LogP contribution is -2.51. The van der Waals surface area contributed by atoms with Gasteiger partial charge < -0.3 is 20.1 Å². The predicted molar refractivity (Wildman–Crippen MR) is 90.5 cm³/mol. The Morgan fingerprint density at radius 1 is 1.16 bits per heavy atom. The molecule has 9 heteroatoms. The van der Waals surface area contributed by atoms with Gasteiger partial charge in [-0.1, -0.05) is 12.1 Å². The SMILES string of the molecule is O=C(NCc1ccc(S(=O)(=O)N2CCOCC2)cc1)C1COCCN1. The first-order chi connectivity index (χ1) is 12.1. The van der Waals surface area contributed by atoms with Crippen LogP contribution in [0.25, 0.3) is 0 Å².